The lowest BCUT2D eigenvalue weighted by Gasteiger charge is -2.35. The van der Waals surface area contributed by atoms with Crippen molar-refractivity contribution in [1.29, 1.82) is 0 Å². The van der Waals surface area contributed by atoms with Crippen LogP contribution in [-0.4, -0.2) is 48.3 Å². The molecule has 0 aromatic carbocycles. The van der Waals surface area contributed by atoms with Gasteiger partial charge in [-0.25, -0.2) is 0 Å². The Balaban J connectivity index is 2.04. The molecule has 0 saturated carbocycles. The van der Waals surface area contributed by atoms with Crippen molar-refractivity contribution in [1.82, 2.24) is 15.5 Å². The molecule has 1 aromatic heterocycles. The van der Waals surface area contributed by atoms with E-state index in [1.807, 2.05) is 18.4 Å². The van der Waals surface area contributed by atoms with Gasteiger partial charge in [0.2, 0.25) is 11.8 Å². The number of hydrogen-bond acceptors (Lipinski definition) is 4. The van der Waals surface area contributed by atoms with Gasteiger partial charge in [-0.05, 0) is 36.6 Å². The lowest BCUT2D eigenvalue weighted by Crippen LogP contribution is -2.53. The first-order valence-corrected chi connectivity index (χ1v) is 9.28. The predicted molar refractivity (Wildman–Crippen MR) is 93.9 cm³/mol. The van der Waals surface area contributed by atoms with Crippen molar-refractivity contribution in [2.24, 2.45) is 5.92 Å². The molecule has 7 heteroatoms. The fraction of sp³-hybridized carbons (Fsp3) is 0.588. The van der Waals surface area contributed by atoms with E-state index < -0.39 is 6.04 Å². The lowest BCUT2D eigenvalue weighted by molar-refractivity contribution is -0.130. The molecule has 0 aliphatic carbocycles. The molecule has 6 nitrogen and oxygen atoms in total. The number of nitrogens with zero attached hydrogens (tertiary/aromatic N) is 1. The van der Waals surface area contributed by atoms with Gasteiger partial charge in [0.1, 0.15) is 6.04 Å². The molecule has 2 N–H and O–H groups in total. The molecule has 0 radical (unpaired) electrons. The number of likely N-dealkylation sites (tertiary alicyclic amines) is 1. The Bertz CT molecular complexity index is 566. The number of amides is 3. The molecule has 1 aliphatic rings. The number of rotatable bonds is 6. The van der Waals surface area contributed by atoms with Gasteiger partial charge in [0.05, 0.1) is 4.88 Å². The Kier molecular flexibility index (Phi) is 6.78. The predicted octanol–water partition coefficient (Wildman–Crippen LogP) is 1.63. The van der Waals surface area contributed by atoms with Crippen molar-refractivity contribution in [2.45, 2.75) is 39.2 Å². The van der Waals surface area contributed by atoms with Crippen molar-refractivity contribution in [3.63, 3.8) is 0 Å². The highest BCUT2D eigenvalue weighted by molar-refractivity contribution is 7.12. The largest absolute Gasteiger partial charge is 0.354 e. The van der Waals surface area contributed by atoms with Crippen molar-refractivity contribution >= 4 is 29.1 Å². The summed E-state index contributed by atoms with van der Waals surface area (Å²) >= 11 is 1.36. The maximum absolute atomic E-state index is 12.5. The molecule has 1 aromatic rings. The summed E-state index contributed by atoms with van der Waals surface area (Å²) in [7, 11) is 0. The third-order valence-corrected chi connectivity index (χ3v) is 5.19. The Hall–Kier alpha value is -1.89. The van der Waals surface area contributed by atoms with Gasteiger partial charge in [0, 0.05) is 26.6 Å². The van der Waals surface area contributed by atoms with E-state index in [0.29, 0.717) is 37.4 Å². The fourth-order valence-electron chi connectivity index (χ4n) is 2.92. The van der Waals surface area contributed by atoms with Crippen LogP contribution in [0, 0.1) is 5.92 Å². The number of nitrogens with one attached hydrogen (secondary N) is 2. The number of thiophene rings is 1. The minimum atomic E-state index is -0.555. The average Bonchev–Trinajstić information content (AvgIpc) is 3.12. The Morgan fingerprint density at radius 2 is 2.04 bits per heavy atom. The van der Waals surface area contributed by atoms with Gasteiger partial charge in [0.15, 0.2) is 0 Å². The van der Waals surface area contributed by atoms with Crippen molar-refractivity contribution in [3.8, 4) is 0 Å². The molecule has 0 spiro atoms. The number of carbonyl (C=O) groups is 3. The van der Waals surface area contributed by atoms with Crippen LogP contribution in [0.5, 0.6) is 0 Å². The summed E-state index contributed by atoms with van der Waals surface area (Å²) in [6.07, 6.45) is 2.28. The smallest absolute Gasteiger partial charge is 0.262 e. The van der Waals surface area contributed by atoms with Crippen LogP contribution in [0.4, 0.5) is 0 Å². The highest BCUT2D eigenvalue weighted by Crippen LogP contribution is 2.22. The van der Waals surface area contributed by atoms with E-state index in [1.165, 1.54) is 11.3 Å². The summed E-state index contributed by atoms with van der Waals surface area (Å²) in [5, 5.41) is 7.62. The second-order valence-electron chi connectivity index (χ2n) is 6.06. The van der Waals surface area contributed by atoms with Gasteiger partial charge in [0.25, 0.3) is 5.91 Å². The Morgan fingerprint density at radius 1 is 1.33 bits per heavy atom. The number of carbonyl (C=O) groups excluding carboxylic acids is 3. The van der Waals surface area contributed by atoms with Gasteiger partial charge < -0.3 is 15.5 Å². The molecule has 3 amide bonds. The first-order chi connectivity index (χ1) is 11.5. The van der Waals surface area contributed by atoms with Crippen LogP contribution in [0.1, 0.15) is 42.8 Å². The van der Waals surface area contributed by atoms with Crippen LogP contribution in [0.3, 0.4) is 0 Å². The zero-order chi connectivity index (χ0) is 17.5. The van der Waals surface area contributed by atoms with E-state index in [0.717, 1.165) is 6.42 Å². The molecule has 1 atom stereocenters. The van der Waals surface area contributed by atoms with Crippen molar-refractivity contribution in [3.05, 3.63) is 22.4 Å². The highest BCUT2D eigenvalue weighted by atomic mass is 32.1. The van der Waals surface area contributed by atoms with E-state index in [-0.39, 0.29) is 23.6 Å². The Labute approximate surface area is 146 Å². The molecular weight excluding hydrogens is 326 g/mol. The monoisotopic (exact) mass is 351 g/mol. The molecule has 0 bridgehead atoms. The van der Waals surface area contributed by atoms with Crippen LogP contribution in [0.25, 0.3) is 0 Å². The van der Waals surface area contributed by atoms with E-state index in [1.54, 1.807) is 17.9 Å². The van der Waals surface area contributed by atoms with E-state index in [4.69, 9.17) is 0 Å². The van der Waals surface area contributed by atoms with Crippen LogP contribution in [0.2, 0.25) is 0 Å². The second-order valence-corrected chi connectivity index (χ2v) is 7.01. The second kappa shape index (κ2) is 8.82. The maximum atomic E-state index is 12.5. The molecule has 2 heterocycles. The molecule has 2 rings (SSSR count). The molecule has 1 unspecified atom stereocenters. The number of piperidine rings is 1. The zero-order valence-corrected chi connectivity index (χ0v) is 15.0. The molecule has 1 aliphatic heterocycles. The lowest BCUT2D eigenvalue weighted by atomic mass is 9.88. The highest BCUT2D eigenvalue weighted by Gasteiger charge is 2.33. The molecular formula is C17H25N3O3S. The van der Waals surface area contributed by atoms with E-state index >= 15 is 0 Å². The summed E-state index contributed by atoms with van der Waals surface area (Å²) in [5.41, 5.74) is 0. The van der Waals surface area contributed by atoms with Crippen LogP contribution >= 0.6 is 11.3 Å². The fourth-order valence-corrected chi connectivity index (χ4v) is 3.55. The summed E-state index contributed by atoms with van der Waals surface area (Å²) in [5.74, 6) is -0.247. The first-order valence-electron chi connectivity index (χ1n) is 8.40. The molecule has 1 saturated heterocycles. The number of hydrogen-bond donors (Lipinski definition) is 2. The summed E-state index contributed by atoms with van der Waals surface area (Å²) in [6.45, 7) is 5.41. The molecule has 1 fully saturated rings. The average molecular weight is 351 g/mol. The quantitative estimate of drug-likeness (QED) is 0.818. The van der Waals surface area contributed by atoms with Crippen LogP contribution < -0.4 is 10.6 Å². The SMILES string of the molecule is CCCNC(=O)C(NC(=O)c1cccs1)C1CCN(C(C)=O)CC1. The summed E-state index contributed by atoms with van der Waals surface area (Å²) < 4.78 is 0. The summed E-state index contributed by atoms with van der Waals surface area (Å²) in [4.78, 5) is 38.7. The van der Waals surface area contributed by atoms with Crippen LogP contribution in [-0.2, 0) is 9.59 Å². The third-order valence-electron chi connectivity index (χ3n) is 4.32. The van der Waals surface area contributed by atoms with Gasteiger partial charge in [-0.3, -0.25) is 14.4 Å². The maximum Gasteiger partial charge on any atom is 0.262 e. The van der Waals surface area contributed by atoms with Crippen molar-refractivity contribution < 1.29 is 14.4 Å². The van der Waals surface area contributed by atoms with Gasteiger partial charge in [-0.2, -0.15) is 0 Å². The molecule has 132 valence electrons. The zero-order valence-electron chi connectivity index (χ0n) is 14.2. The first kappa shape index (κ1) is 18.4. The minimum absolute atomic E-state index is 0.0429. The van der Waals surface area contributed by atoms with Crippen molar-refractivity contribution in [2.75, 3.05) is 19.6 Å². The third kappa shape index (κ3) is 4.80. The summed E-state index contributed by atoms with van der Waals surface area (Å²) in [6, 6.07) is 3.01. The normalized spacial score (nSPS) is 16.5. The van der Waals surface area contributed by atoms with Crippen LogP contribution in [0.15, 0.2) is 17.5 Å². The minimum Gasteiger partial charge on any atom is -0.354 e. The van der Waals surface area contributed by atoms with E-state index in [2.05, 4.69) is 10.6 Å². The molecule has 24 heavy (non-hydrogen) atoms. The standard InChI is InChI=1S/C17H25N3O3S/c1-3-8-18-17(23)15(19-16(22)14-5-4-11-24-14)13-6-9-20(10-7-13)12(2)21/h4-5,11,13,15H,3,6-10H2,1-2H3,(H,18,23)(H,19,22). The van der Waals surface area contributed by atoms with Gasteiger partial charge >= 0.3 is 0 Å². The van der Waals surface area contributed by atoms with Gasteiger partial charge in [-0.1, -0.05) is 13.0 Å². The topological polar surface area (TPSA) is 78.5 Å². The Morgan fingerprint density at radius 3 is 2.58 bits per heavy atom. The van der Waals surface area contributed by atoms with E-state index in [9.17, 15) is 14.4 Å². The van der Waals surface area contributed by atoms with Gasteiger partial charge in [-0.15, -0.1) is 11.3 Å².